The fourth-order valence-corrected chi connectivity index (χ4v) is 3.39. The number of carbonyl (C=O) groups excluding carboxylic acids is 1. The molecule has 1 aliphatic heterocycles. The van der Waals surface area contributed by atoms with E-state index >= 15 is 0 Å². The standard InChI is InChI=1S/C13H17N5OS/c1-18-6-3-8(4-7-18)16-12(19)11-10(14)9-2-5-15-17-13(9)20-11/h2,5,8H,3-4,6-7,14H2,1H3,(H,16,19). The summed E-state index contributed by atoms with van der Waals surface area (Å²) in [6.45, 7) is 2.02. The highest BCUT2D eigenvalue weighted by Gasteiger charge is 2.22. The number of nitrogens with two attached hydrogens (primary N) is 1. The lowest BCUT2D eigenvalue weighted by atomic mass is 10.1. The molecule has 1 saturated heterocycles. The summed E-state index contributed by atoms with van der Waals surface area (Å²) in [4.78, 5) is 15.9. The van der Waals surface area contributed by atoms with Gasteiger partial charge >= 0.3 is 0 Å². The van der Waals surface area contributed by atoms with Crippen molar-refractivity contribution < 1.29 is 4.79 Å². The number of carbonyl (C=O) groups is 1. The SMILES string of the molecule is CN1CCC(NC(=O)c2sc3nnccc3c2N)CC1. The molecular weight excluding hydrogens is 274 g/mol. The number of likely N-dealkylation sites (tertiary alicyclic amines) is 1. The van der Waals surface area contributed by atoms with Gasteiger partial charge in [0.25, 0.3) is 5.91 Å². The molecule has 3 heterocycles. The topological polar surface area (TPSA) is 84.1 Å². The number of nitrogens with zero attached hydrogens (tertiary/aromatic N) is 3. The number of aromatic nitrogens is 2. The molecule has 0 atom stereocenters. The second-order valence-electron chi connectivity index (χ2n) is 5.15. The van der Waals surface area contributed by atoms with Crippen molar-refractivity contribution in [3.8, 4) is 0 Å². The molecule has 1 amide bonds. The van der Waals surface area contributed by atoms with Gasteiger partial charge in [0, 0.05) is 11.4 Å². The lowest BCUT2D eigenvalue weighted by Crippen LogP contribution is -2.43. The first-order chi connectivity index (χ1) is 9.65. The van der Waals surface area contributed by atoms with Crippen molar-refractivity contribution >= 4 is 33.1 Å². The molecule has 3 rings (SSSR count). The number of nitrogens with one attached hydrogen (secondary N) is 1. The molecule has 106 valence electrons. The van der Waals surface area contributed by atoms with Gasteiger partial charge in [-0.15, -0.1) is 16.4 Å². The highest BCUT2D eigenvalue weighted by molar-refractivity contribution is 7.21. The van der Waals surface area contributed by atoms with E-state index in [0.29, 0.717) is 15.4 Å². The Morgan fingerprint density at radius 2 is 2.25 bits per heavy atom. The third-order valence-corrected chi connectivity index (χ3v) is 4.78. The molecule has 0 aromatic carbocycles. The van der Waals surface area contributed by atoms with Crippen molar-refractivity contribution in [3.63, 3.8) is 0 Å². The van der Waals surface area contributed by atoms with E-state index in [1.807, 2.05) is 0 Å². The van der Waals surface area contributed by atoms with E-state index in [1.165, 1.54) is 11.3 Å². The van der Waals surface area contributed by atoms with Gasteiger partial charge in [-0.2, -0.15) is 5.10 Å². The molecule has 0 saturated carbocycles. The molecule has 3 N–H and O–H groups in total. The van der Waals surface area contributed by atoms with Crippen LogP contribution in [0.15, 0.2) is 12.3 Å². The van der Waals surface area contributed by atoms with Crippen LogP contribution in [0.3, 0.4) is 0 Å². The van der Waals surface area contributed by atoms with E-state index in [0.717, 1.165) is 31.3 Å². The largest absolute Gasteiger partial charge is 0.397 e. The maximum Gasteiger partial charge on any atom is 0.263 e. The smallest absolute Gasteiger partial charge is 0.263 e. The zero-order chi connectivity index (χ0) is 14.1. The van der Waals surface area contributed by atoms with Gasteiger partial charge in [0.1, 0.15) is 9.71 Å². The first kappa shape index (κ1) is 13.3. The molecule has 1 aliphatic rings. The number of amides is 1. The molecule has 0 bridgehead atoms. The van der Waals surface area contributed by atoms with Gasteiger partial charge in [-0.1, -0.05) is 0 Å². The molecule has 2 aromatic heterocycles. The number of hydrogen-bond acceptors (Lipinski definition) is 6. The third kappa shape index (κ3) is 2.46. The zero-order valence-electron chi connectivity index (χ0n) is 11.3. The Morgan fingerprint density at radius 1 is 1.50 bits per heavy atom. The van der Waals surface area contributed by atoms with Crippen LogP contribution in [0, 0.1) is 0 Å². The molecule has 6 nitrogen and oxygen atoms in total. The normalized spacial score (nSPS) is 17.4. The van der Waals surface area contributed by atoms with Gasteiger partial charge in [0.15, 0.2) is 0 Å². The van der Waals surface area contributed by atoms with Crippen LogP contribution in [0.25, 0.3) is 10.2 Å². The predicted octanol–water partition coefficient (Wildman–Crippen LogP) is 1.10. The van der Waals surface area contributed by atoms with Crippen molar-refractivity contribution in [3.05, 3.63) is 17.1 Å². The summed E-state index contributed by atoms with van der Waals surface area (Å²) in [5.74, 6) is -0.0972. The van der Waals surface area contributed by atoms with Crippen molar-refractivity contribution in [2.24, 2.45) is 0 Å². The van der Waals surface area contributed by atoms with Gasteiger partial charge in [0.2, 0.25) is 0 Å². The molecule has 20 heavy (non-hydrogen) atoms. The van der Waals surface area contributed by atoms with Crippen LogP contribution in [-0.4, -0.2) is 47.2 Å². The van der Waals surface area contributed by atoms with Gasteiger partial charge in [0.05, 0.1) is 11.9 Å². The molecule has 0 radical (unpaired) electrons. The number of piperidine rings is 1. The number of thiophene rings is 1. The summed E-state index contributed by atoms with van der Waals surface area (Å²) in [7, 11) is 2.10. The summed E-state index contributed by atoms with van der Waals surface area (Å²) in [5.41, 5.74) is 6.55. The molecule has 7 heteroatoms. The minimum atomic E-state index is -0.0972. The lowest BCUT2D eigenvalue weighted by molar-refractivity contribution is 0.0922. The minimum absolute atomic E-state index is 0.0972. The Morgan fingerprint density at radius 3 is 2.95 bits per heavy atom. The first-order valence-electron chi connectivity index (χ1n) is 6.64. The average Bonchev–Trinajstić information content (AvgIpc) is 2.79. The average molecular weight is 291 g/mol. The summed E-state index contributed by atoms with van der Waals surface area (Å²) in [6.07, 6.45) is 3.55. The van der Waals surface area contributed by atoms with Crippen LogP contribution in [0.1, 0.15) is 22.5 Å². The highest BCUT2D eigenvalue weighted by atomic mass is 32.1. The maximum atomic E-state index is 12.3. The number of hydrogen-bond donors (Lipinski definition) is 2. The van der Waals surface area contributed by atoms with Gasteiger partial charge < -0.3 is 16.0 Å². The van der Waals surface area contributed by atoms with Gasteiger partial charge in [-0.25, -0.2) is 0 Å². The Bertz CT molecular complexity index is 633. The summed E-state index contributed by atoms with van der Waals surface area (Å²) in [5, 5.41) is 11.7. The number of fused-ring (bicyclic) bond motifs is 1. The number of nitrogen functional groups attached to an aromatic ring is 1. The van der Waals surface area contributed by atoms with Crippen LogP contribution in [0.2, 0.25) is 0 Å². The van der Waals surface area contributed by atoms with Crippen molar-refractivity contribution in [1.29, 1.82) is 0 Å². The Hall–Kier alpha value is -1.73. The summed E-state index contributed by atoms with van der Waals surface area (Å²) < 4.78 is 0. The summed E-state index contributed by atoms with van der Waals surface area (Å²) >= 11 is 1.30. The minimum Gasteiger partial charge on any atom is -0.397 e. The molecular formula is C13H17N5OS. The Balaban J connectivity index is 1.77. The molecule has 0 aliphatic carbocycles. The van der Waals surface area contributed by atoms with Crippen LogP contribution >= 0.6 is 11.3 Å². The lowest BCUT2D eigenvalue weighted by Gasteiger charge is -2.29. The molecule has 0 unspecified atom stereocenters. The molecule has 0 spiro atoms. The quantitative estimate of drug-likeness (QED) is 0.865. The van der Waals surface area contributed by atoms with Gasteiger partial charge in [-0.05, 0) is 39.0 Å². The number of rotatable bonds is 2. The first-order valence-corrected chi connectivity index (χ1v) is 7.46. The second kappa shape index (κ2) is 5.34. The summed E-state index contributed by atoms with van der Waals surface area (Å²) in [6, 6.07) is 2.02. The number of anilines is 1. The van der Waals surface area contributed by atoms with E-state index in [4.69, 9.17) is 5.73 Å². The fourth-order valence-electron chi connectivity index (χ4n) is 2.45. The van der Waals surface area contributed by atoms with Crippen molar-refractivity contribution in [1.82, 2.24) is 20.4 Å². The maximum absolute atomic E-state index is 12.3. The monoisotopic (exact) mass is 291 g/mol. The van der Waals surface area contributed by atoms with Crippen LogP contribution < -0.4 is 11.1 Å². The third-order valence-electron chi connectivity index (χ3n) is 3.68. The van der Waals surface area contributed by atoms with E-state index < -0.39 is 0 Å². The van der Waals surface area contributed by atoms with Crippen LogP contribution in [0.5, 0.6) is 0 Å². The Kier molecular flexibility index (Phi) is 3.54. The van der Waals surface area contributed by atoms with Crippen LogP contribution in [0.4, 0.5) is 5.69 Å². The van der Waals surface area contributed by atoms with E-state index in [9.17, 15) is 4.79 Å². The Labute approximate surface area is 121 Å². The van der Waals surface area contributed by atoms with E-state index in [-0.39, 0.29) is 11.9 Å². The zero-order valence-corrected chi connectivity index (χ0v) is 12.1. The van der Waals surface area contributed by atoms with Crippen LogP contribution in [-0.2, 0) is 0 Å². The second-order valence-corrected chi connectivity index (χ2v) is 6.14. The van der Waals surface area contributed by atoms with Crippen molar-refractivity contribution in [2.75, 3.05) is 25.9 Å². The van der Waals surface area contributed by atoms with E-state index in [1.54, 1.807) is 12.3 Å². The predicted molar refractivity (Wildman–Crippen MR) is 79.8 cm³/mol. The van der Waals surface area contributed by atoms with Crippen molar-refractivity contribution in [2.45, 2.75) is 18.9 Å². The highest BCUT2D eigenvalue weighted by Crippen LogP contribution is 2.31. The molecule has 1 fully saturated rings. The van der Waals surface area contributed by atoms with E-state index in [2.05, 4.69) is 27.5 Å². The van der Waals surface area contributed by atoms with Gasteiger partial charge in [-0.3, -0.25) is 4.79 Å². The molecule has 2 aromatic rings. The fraction of sp³-hybridized carbons (Fsp3) is 0.462.